The van der Waals surface area contributed by atoms with Gasteiger partial charge in [-0.15, -0.1) is 0 Å². The Kier molecular flexibility index (Phi) is 6.89. The second kappa shape index (κ2) is 9.39. The van der Waals surface area contributed by atoms with E-state index in [1.807, 2.05) is 23.1 Å². The summed E-state index contributed by atoms with van der Waals surface area (Å²) in [7, 11) is -0.504. The highest BCUT2D eigenvalue weighted by atomic mass is 32.2. The molecule has 1 amide bonds. The maximum Gasteiger partial charge on any atom is 0.260 e. The summed E-state index contributed by atoms with van der Waals surface area (Å²) in [5, 5.41) is 0. The highest BCUT2D eigenvalue weighted by Crippen LogP contribution is 2.18. The topological polar surface area (TPSA) is 70.2 Å². The van der Waals surface area contributed by atoms with E-state index in [1.165, 1.54) is 31.8 Å². The minimum Gasteiger partial charge on any atom is -0.484 e. The van der Waals surface area contributed by atoms with Crippen LogP contribution >= 0.6 is 0 Å². The van der Waals surface area contributed by atoms with Crippen molar-refractivity contribution < 1.29 is 17.9 Å². The fraction of sp³-hybridized carbons (Fsp3) is 0.381. The van der Waals surface area contributed by atoms with Gasteiger partial charge in [-0.2, -0.15) is 0 Å². The number of carbonyl (C=O) groups excluding carboxylic acids is 1. The molecule has 0 bridgehead atoms. The first-order valence-electron chi connectivity index (χ1n) is 9.56. The van der Waals surface area contributed by atoms with E-state index in [0.717, 1.165) is 23.9 Å². The van der Waals surface area contributed by atoms with Gasteiger partial charge in [0.15, 0.2) is 6.61 Å². The van der Waals surface area contributed by atoms with Crippen LogP contribution in [0.4, 0.5) is 0 Å². The molecule has 0 atom stereocenters. The molecule has 156 valence electrons. The summed E-state index contributed by atoms with van der Waals surface area (Å²) in [6.45, 7) is 3.85. The third kappa shape index (κ3) is 5.56. The Morgan fingerprint density at radius 1 is 0.966 bits per heavy atom. The van der Waals surface area contributed by atoms with Gasteiger partial charge < -0.3 is 9.64 Å². The Morgan fingerprint density at radius 2 is 1.59 bits per heavy atom. The first-order valence-corrected chi connectivity index (χ1v) is 11.0. The minimum atomic E-state index is -3.47. The van der Waals surface area contributed by atoms with Gasteiger partial charge in [0.05, 0.1) is 4.90 Å². The van der Waals surface area contributed by atoms with Gasteiger partial charge in [-0.3, -0.25) is 9.69 Å². The van der Waals surface area contributed by atoms with Crippen molar-refractivity contribution >= 4 is 15.9 Å². The summed E-state index contributed by atoms with van der Waals surface area (Å²) in [6.07, 6.45) is 0. The molecule has 1 saturated heterocycles. The first-order chi connectivity index (χ1) is 13.9. The van der Waals surface area contributed by atoms with Crippen LogP contribution in [0.2, 0.25) is 0 Å². The Morgan fingerprint density at radius 3 is 2.17 bits per heavy atom. The Labute approximate surface area is 172 Å². The highest BCUT2D eigenvalue weighted by Gasteiger charge is 2.22. The predicted octanol–water partition coefficient (Wildman–Crippen LogP) is 1.66. The van der Waals surface area contributed by atoms with Gasteiger partial charge in [-0.1, -0.05) is 30.3 Å². The largest absolute Gasteiger partial charge is 0.484 e. The fourth-order valence-electron chi connectivity index (χ4n) is 3.15. The van der Waals surface area contributed by atoms with E-state index in [1.54, 1.807) is 12.1 Å². The maximum absolute atomic E-state index is 12.4. The van der Waals surface area contributed by atoms with Crippen LogP contribution in [-0.2, 0) is 21.4 Å². The molecule has 0 spiro atoms. The quantitative estimate of drug-likeness (QED) is 0.685. The standard InChI is InChI=1S/C21H27N3O4S/c1-22(2)29(26,27)20-10-8-19(9-11-20)28-17-21(25)24-14-12-23(13-15-24)16-18-6-4-3-5-7-18/h3-11H,12-17H2,1-2H3. The summed E-state index contributed by atoms with van der Waals surface area (Å²) in [4.78, 5) is 16.8. The zero-order chi connectivity index (χ0) is 20.9. The zero-order valence-corrected chi connectivity index (χ0v) is 17.6. The molecule has 0 saturated carbocycles. The minimum absolute atomic E-state index is 0.0571. The molecule has 2 aromatic rings. The Balaban J connectivity index is 1.45. The van der Waals surface area contributed by atoms with Crippen molar-refractivity contribution in [2.45, 2.75) is 11.4 Å². The summed E-state index contributed by atoms with van der Waals surface area (Å²) in [5.41, 5.74) is 1.27. The van der Waals surface area contributed by atoms with Gasteiger partial charge in [-0.05, 0) is 29.8 Å². The van der Waals surface area contributed by atoms with E-state index in [9.17, 15) is 13.2 Å². The zero-order valence-electron chi connectivity index (χ0n) is 16.8. The van der Waals surface area contributed by atoms with Crippen molar-refractivity contribution in [1.29, 1.82) is 0 Å². The van der Waals surface area contributed by atoms with Crippen molar-refractivity contribution in [3.8, 4) is 5.75 Å². The van der Waals surface area contributed by atoms with Crippen LogP contribution in [-0.4, -0.2) is 75.3 Å². The molecule has 29 heavy (non-hydrogen) atoms. The average Bonchev–Trinajstić information content (AvgIpc) is 2.73. The lowest BCUT2D eigenvalue weighted by atomic mass is 10.2. The van der Waals surface area contributed by atoms with Crippen molar-refractivity contribution in [2.75, 3.05) is 46.9 Å². The second-order valence-electron chi connectivity index (χ2n) is 7.19. The van der Waals surface area contributed by atoms with E-state index in [2.05, 4.69) is 17.0 Å². The normalized spacial score (nSPS) is 15.5. The van der Waals surface area contributed by atoms with Crippen molar-refractivity contribution in [3.63, 3.8) is 0 Å². The van der Waals surface area contributed by atoms with E-state index >= 15 is 0 Å². The van der Waals surface area contributed by atoms with Crippen molar-refractivity contribution in [2.24, 2.45) is 0 Å². The molecule has 1 aliphatic heterocycles. The lowest BCUT2D eigenvalue weighted by molar-refractivity contribution is -0.135. The molecule has 1 heterocycles. The van der Waals surface area contributed by atoms with Crippen LogP contribution in [0.3, 0.4) is 0 Å². The Bertz CT molecular complexity index is 907. The van der Waals surface area contributed by atoms with Gasteiger partial charge in [0.25, 0.3) is 5.91 Å². The summed E-state index contributed by atoms with van der Waals surface area (Å²) in [5.74, 6) is 0.410. The van der Waals surface area contributed by atoms with Crippen molar-refractivity contribution in [3.05, 3.63) is 60.2 Å². The van der Waals surface area contributed by atoms with Gasteiger partial charge in [0.2, 0.25) is 10.0 Å². The second-order valence-corrected chi connectivity index (χ2v) is 9.34. The maximum atomic E-state index is 12.4. The lowest BCUT2D eigenvalue weighted by Crippen LogP contribution is -2.49. The van der Waals surface area contributed by atoms with Gasteiger partial charge in [0, 0.05) is 46.8 Å². The molecule has 1 fully saturated rings. The number of ether oxygens (including phenoxy) is 1. The third-order valence-electron chi connectivity index (χ3n) is 4.94. The molecule has 7 nitrogen and oxygen atoms in total. The number of amides is 1. The van der Waals surface area contributed by atoms with E-state index < -0.39 is 10.0 Å². The van der Waals surface area contributed by atoms with Crippen LogP contribution in [0.15, 0.2) is 59.5 Å². The molecule has 3 rings (SSSR count). The number of benzene rings is 2. The van der Waals surface area contributed by atoms with Gasteiger partial charge in [-0.25, -0.2) is 12.7 Å². The van der Waals surface area contributed by atoms with E-state index in [-0.39, 0.29) is 17.4 Å². The molecule has 0 aliphatic carbocycles. The number of nitrogens with zero attached hydrogens (tertiary/aromatic N) is 3. The number of hydrogen-bond acceptors (Lipinski definition) is 5. The van der Waals surface area contributed by atoms with Crippen LogP contribution < -0.4 is 4.74 Å². The van der Waals surface area contributed by atoms with Gasteiger partial charge >= 0.3 is 0 Å². The molecule has 1 aliphatic rings. The van der Waals surface area contributed by atoms with Crippen molar-refractivity contribution in [1.82, 2.24) is 14.1 Å². The molecular weight excluding hydrogens is 390 g/mol. The van der Waals surface area contributed by atoms with Crippen LogP contribution in [0.5, 0.6) is 5.75 Å². The van der Waals surface area contributed by atoms with Crippen LogP contribution in [0.1, 0.15) is 5.56 Å². The third-order valence-corrected chi connectivity index (χ3v) is 6.77. The monoisotopic (exact) mass is 417 g/mol. The number of rotatable bonds is 7. The van der Waals surface area contributed by atoms with Crippen LogP contribution in [0, 0.1) is 0 Å². The molecule has 0 unspecified atom stereocenters. The predicted molar refractivity (Wildman–Crippen MR) is 111 cm³/mol. The lowest BCUT2D eigenvalue weighted by Gasteiger charge is -2.34. The van der Waals surface area contributed by atoms with Crippen LogP contribution in [0.25, 0.3) is 0 Å². The number of carbonyl (C=O) groups is 1. The number of hydrogen-bond donors (Lipinski definition) is 0. The fourth-order valence-corrected chi connectivity index (χ4v) is 4.05. The highest BCUT2D eigenvalue weighted by molar-refractivity contribution is 7.89. The molecular formula is C21H27N3O4S. The average molecular weight is 418 g/mol. The number of piperazine rings is 1. The molecule has 0 radical (unpaired) electrons. The Hall–Kier alpha value is -2.42. The van der Waals surface area contributed by atoms with E-state index in [0.29, 0.717) is 18.8 Å². The summed E-state index contributed by atoms with van der Waals surface area (Å²) in [6, 6.07) is 16.4. The SMILES string of the molecule is CN(C)S(=O)(=O)c1ccc(OCC(=O)N2CCN(Cc3ccccc3)CC2)cc1. The van der Waals surface area contributed by atoms with Gasteiger partial charge in [0.1, 0.15) is 5.75 Å². The van der Waals surface area contributed by atoms with E-state index in [4.69, 9.17) is 4.74 Å². The summed E-state index contributed by atoms with van der Waals surface area (Å²) < 4.78 is 30.9. The smallest absolute Gasteiger partial charge is 0.260 e. The number of sulfonamides is 1. The molecule has 0 aromatic heterocycles. The molecule has 8 heteroatoms. The molecule has 2 aromatic carbocycles. The summed E-state index contributed by atoms with van der Waals surface area (Å²) >= 11 is 0. The molecule has 0 N–H and O–H groups in total. The first kappa shape index (κ1) is 21.3.